The van der Waals surface area contributed by atoms with E-state index in [2.05, 4.69) is 30.0 Å². The number of benzene rings is 2. The second-order valence-corrected chi connectivity index (χ2v) is 10.8. The number of thiophene rings is 1. The van der Waals surface area contributed by atoms with E-state index < -0.39 is 24.0 Å². The molecule has 2 aromatic carbocycles. The molecule has 0 saturated carbocycles. The largest absolute Gasteiger partial charge is 0.497 e. The molecule has 6 rings (SSSR count). The predicted octanol–water partition coefficient (Wildman–Crippen LogP) is 4.42. The lowest BCUT2D eigenvalue weighted by atomic mass is 9.90. The summed E-state index contributed by atoms with van der Waals surface area (Å²) in [5.74, 6) is -3.23. The lowest BCUT2D eigenvalue weighted by Crippen LogP contribution is -2.56. The Balaban J connectivity index is 1.18. The van der Waals surface area contributed by atoms with Crippen molar-refractivity contribution < 1.29 is 38.1 Å². The van der Waals surface area contributed by atoms with E-state index in [9.17, 15) is 14.7 Å². The summed E-state index contributed by atoms with van der Waals surface area (Å²) in [5, 5.41) is 13.1. The van der Waals surface area contributed by atoms with Gasteiger partial charge in [-0.15, -0.1) is 11.3 Å². The van der Waals surface area contributed by atoms with Crippen molar-refractivity contribution in [2.75, 3.05) is 20.2 Å². The molecule has 0 spiro atoms. The fraction of sp³-hybridized carbons (Fsp3) is 0.357. The summed E-state index contributed by atoms with van der Waals surface area (Å²) in [6.07, 6.45) is 1.82. The van der Waals surface area contributed by atoms with Gasteiger partial charge in [0, 0.05) is 22.2 Å². The van der Waals surface area contributed by atoms with Crippen LogP contribution in [0.25, 0.3) is 21.1 Å². The molecular formula is C28H27NO8S. The first kappa shape index (κ1) is 24.7. The molecule has 2 aliphatic heterocycles. The van der Waals surface area contributed by atoms with Crippen molar-refractivity contribution in [3.05, 3.63) is 59.7 Å². The average Bonchev–Trinajstić information content (AvgIpc) is 3.63. The van der Waals surface area contributed by atoms with E-state index >= 15 is 0 Å². The van der Waals surface area contributed by atoms with E-state index in [1.807, 2.05) is 6.07 Å². The van der Waals surface area contributed by atoms with Crippen molar-refractivity contribution in [3.63, 3.8) is 0 Å². The molecule has 0 aliphatic carbocycles. The topological polar surface area (TPSA) is 108 Å². The zero-order valence-electron chi connectivity index (χ0n) is 20.9. The van der Waals surface area contributed by atoms with Crippen LogP contribution < -0.4 is 9.47 Å². The highest BCUT2D eigenvalue weighted by Gasteiger charge is 2.58. The molecule has 198 valence electrons. The molecule has 0 unspecified atom stereocenters. The molecule has 2 saturated heterocycles. The maximum atomic E-state index is 12.0. The van der Waals surface area contributed by atoms with Gasteiger partial charge in [0.05, 0.1) is 18.8 Å². The number of ether oxygens (including phenoxy) is 4. The first-order valence-electron chi connectivity index (χ1n) is 12.5. The fourth-order valence-corrected chi connectivity index (χ4v) is 6.50. The number of fused-ring (bicyclic) bond motifs is 2. The van der Waals surface area contributed by atoms with Gasteiger partial charge < -0.3 is 28.5 Å². The van der Waals surface area contributed by atoms with Gasteiger partial charge in [0.25, 0.3) is 0 Å². The summed E-state index contributed by atoms with van der Waals surface area (Å²) in [5.41, 5.74) is 0.540. The Kier molecular flexibility index (Phi) is 6.25. The van der Waals surface area contributed by atoms with E-state index in [0.29, 0.717) is 23.4 Å². The Morgan fingerprint density at radius 1 is 1.16 bits per heavy atom. The standard InChI is InChI=1S/C28H27NO8S/c1-16-12-18(23-13-17-6-7-19(33-2)14-24(17)38-23)8-10-29(16)15-25(30)28(36-26(31)27(32)37-28)35-22-5-3-4-21-20(22)9-11-34-21/h3-7,9,11,13-14,16,18,25,30H,8,10,12,15H2,1-2H3/t16-,18-,25-/m0/s1. The van der Waals surface area contributed by atoms with Gasteiger partial charge in [-0.25, -0.2) is 9.59 Å². The normalized spacial score (nSPS) is 22.4. The minimum atomic E-state index is -2.29. The van der Waals surface area contributed by atoms with Crippen LogP contribution in [0.1, 0.15) is 30.6 Å². The molecule has 4 heterocycles. The first-order valence-corrected chi connectivity index (χ1v) is 13.3. The number of rotatable bonds is 7. The zero-order chi connectivity index (χ0) is 26.4. The van der Waals surface area contributed by atoms with Gasteiger partial charge in [0.15, 0.2) is 6.10 Å². The van der Waals surface area contributed by atoms with Crippen LogP contribution in [0.3, 0.4) is 0 Å². The lowest BCUT2D eigenvalue weighted by Gasteiger charge is -2.40. The molecule has 0 radical (unpaired) electrons. The number of aliphatic hydroxyl groups is 1. The number of β-amino-alcohol motifs (C(OH)–C–C–N with tert-alkyl or cyclic N) is 1. The molecule has 4 aromatic rings. The van der Waals surface area contributed by atoms with Crippen molar-refractivity contribution in [1.82, 2.24) is 4.90 Å². The van der Waals surface area contributed by atoms with Crippen LogP contribution in [0.2, 0.25) is 0 Å². The smallest absolute Gasteiger partial charge is 0.451 e. The van der Waals surface area contributed by atoms with E-state index in [-0.39, 0.29) is 18.3 Å². The summed E-state index contributed by atoms with van der Waals surface area (Å²) < 4.78 is 28.3. The van der Waals surface area contributed by atoms with Crippen LogP contribution in [-0.2, 0) is 19.1 Å². The van der Waals surface area contributed by atoms with Gasteiger partial charge in [0.2, 0.25) is 0 Å². The second-order valence-electron chi connectivity index (χ2n) is 9.71. The first-order chi connectivity index (χ1) is 18.3. The Hall–Kier alpha value is -3.60. The number of cyclic esters (lactones) is 2. The number of methoxy groups -OCH3 is 1. The highest BCUT2D eigenvalue weighted by Crippen LogP contribution is 2.40. The number of esters is 2. The number of piperidine rings is 1. The van der Waals surface area contributed by atoms with E-state index in [1.165, 1.54) is 21.2 Å². The maximum absolute atomic E-state index is 12.0. The van der Waals surface area contributed by atoms with Gasteiger partial charge in [-0.3, -0.25) is 4.90 Å². The third-order valence-electron chi connectivity index (χ3n) is 7.32. The molecule has 1 N–H and O–H groups in total. The third-order valence-corrected chi connectivity index (χ3v) is 8.58. The fourth-order valence-electron chi connectivity index (χ4n) is 5.26. The van der Waals surface area contributed by atoms with Gasteiger partial charge in [0.1, 0.15) is 17.1 Å². The summed E-state index contributed by atoms with van der Waals surface area (Å²) in [7, 11) is 1.67. The molecule has 38 heavy (non-hydrogen) atoms. The van der Waals surface area contributed by atoms with Crippen LogP contribution in [0.15, 0.2) is 59.2 Å². The van der Waals surface area contributed by atoms with Crippen LogP contribution in [0.5, 0.6) is 11.5 Å². The monoisotopic (exact) mass is 537 g/mol. The van der Waals surface area contributed by atoms with E-state index in [1.54, 1.807) is 42.7 Å². The van der Waals surface area contributed by atoms with Gasteiger partial charge >= 0.3 is 17.9 Å². The predicted molar refractivity (Wildman–Crippen MR) is 139 cm³/mol. The Morgan fingerprint density at radius 2 is 1.97 bits per heavy atom. The number of furan rings is 1. The van der Waals surface area contributed by atoms with Crippen molar-refractivity contribution in [2.45, 2.75) is 43.8 Å². The lowest BCUT2D eigenvalue weighted by molar-refractivity contribution is -0.319. The molecule has 2 aliphatic rings. The van der Waals surface area contributed by atoms with Crippen LogP contribution in [0, 0.1) is 0 Å². The molecule has 9 nitrogen and oxygen atoms in total. The molecule has 0 amide bonds. The van der Waals surface area contributed by atoms with Crippen molar-refractivity contribution in [3.8, 4) is 11.5 Å². The number of nitrogens with zero attached hydrogens (tertiary/aromatic N) is 1. The van der Waals surface area contributed by atoms with Crippen LogP contribution in [0.4, 0.5) is 0 Å². The zero-order valence-corrected chi connectivity index (χ0v) is 21.7. The van der Waals surface area contributed by atoms with Gasteiger partial charge in [-0.1, -0.05) is 6.07 Å². The molecule has 2 aromatic heterocycles. The number of carbonyl (C=O) groups excluding carboxylic acids is 2. The number of aliphatic hydroxyl groups excluding tert-OH is 1. The maximum Gasteiger partial charge on any atom is 0.451 e. The molecule has 0 bridgehead atoms. The number of hydrogen-bond acceptors (Lipinski definition) is 10. The summed E-state index contributed by atoms with van der Waals surface area (Å²) in [4.78, 5) is 27.5. The van der Waals surface area contributed by atoms with Gasteiger partial charge in [-0.2, -0.15) is 0 Å². The summed E-state index contributed by atoms with van der Waals surface area (Å²) >= 11 is 1.78. The molecular weight excluding hydrogens is 510 g/mol. The summed E-state index contributed by atoms with van der Waals surface area (Å²) in [6, 6.07) is 15.2. The van der Waals surface area contributed by atoms with Crippen LogP contribution in [-0.4, -0.2) is 60.3 Å². The highest BCUT2D eigenvalue weighted by molar-refractivity contribution is 7.19. The molecule has 2 fully saturated rings. The Labute approximate surface area is 222 Å². The van der Waals surface area contributed by atoms with E-state index in [0.717, 1.165) is 18.6 Å². The van der Waals surface area contributed by atoms with E-state index in [4.69, 9.17) is 23.4 Å². The number of likely N-dealkylation sites (tertiary alicyclic amines) is 1. The minimum absolute atomic E-state index is 0.0828. The van der Waals surface area contributed by atoms with Crippen molar-refractivity contribution >= 4 is 44.3 Å². The average molecular weight is 538 g/mol. The highest BCUT2D eigenvalue weighted by atomic mass is 32.1. The summed E-state index contributed by atoms with van der Waals surface area (Å²) in [6.45, 7) is 2.89. The molecule has 10 heteroatoms. The Morgan fingerprint density at radius 3 is 2.74 bits per heavy atom. The third kappa shape index (κ3) is 4.38. The second kappa shape index (κ2) is 9.61. The van der Waals surface area contributed by atoms with Crippen LogP contribution >= 0.6 is 11.3 Å². The SMILES string of the molecule is COc1ccc2cc([C@H]3CCN(C[C@H](O)C4(Oc5cccc6occc56)OC(=O)C(=O)O4)[C@@H](C)C3)sc2c1. The quantitative estimate of drug-likeness (QED) is 0.271. The molecule has 3 atom stereocenters. The Bertz CT molecular complexity index is 1490. The number of hydrogen-bond donors (Lipinski definition) is 1. The van der Waals surface area contributed by atoms with Crippen molar-refractivity contribution in [1.29, 1.82) is 0 Å². The minimum Gasteiger partial charge on any atom is -0.497 e. The number of carbonyl (C=O) groups is 2. The van der Waals surface area contributed by atoms with Crippen molar-refractivity contribution in [2.24, 2.45) is 0 Å². The van der Waals surface area contributed by atoms with Gasteiger partial charge in [-0.05, 0) is 80.1 Å².